The Morgan fingerprint density at radius 2 is 2.00 bits per heavy atom. The first-order chi connectivity index (χ1) is 14.2. The van der Waals surface area contributed by atoms with Gasteiger partial charge in [0.25, 0.3) is 11.6 Å². The molecule has 1 aliphatic rings. The van der Waals surface area contributed by atoms with Gasteiger partial charge in [-0.1, -0.05) is 12.1 Å². The van der Waals surface area contributed by atoms with Gasteiger partial charge in [-0.25, -0.2) is 4.79 Å². The summed E-state index contributed by atoms with van der Waals surface area (Å²) in [5, 5.41) is 22.0. The van der Waals surface area contributed by atoms with Gasteiger partial charge in [0.1, 0.15) is 6.61 Å². The zero-order valence-electron chi connectivity index (χ0n) is 17.7. The molecule has 162 valence electrons. The fourth-order valence-electron chi connectivity index (χ4n) is 3.21. The van der Waals surface area contributed by atoms with Gasteiger partial charge >= 0.3 is 5.97 Å². The van der Waals surface area contributed by atoms with Gasteiger partial charge in [-0.15, -0.1) is 0 Å². The van der Waals surface area contributed by atoms with Gasteiger partial charge in [-0.3, -0.25) is 15.1 Å². The van der Waals surface area contributed by atoms with Gasteiger partial charge in [0, 0.05) is 30.7 Å². The van der Waals surface area contributed by atoms with Crippen LogP contribution in [-0.4, -0.2) is 48.1 Å². The number of hydrogen-bond donors (Lipinski definition) is 1. The molecule has 1 aromatic carbocycles. The molecule has 2 rings (SSSR count). The Morgan fingerprint density at radius 3 is 2.60 bits per heavy atom. The Kier molecular flexibility index (Phi) is 7.71. The number of allylic oxidation sites excluding steroid dienone is 2. The van der Waals surface area contributed by atoms with E-state index in [1.54, 1.807) is 33.8 Å². The molecule has 0 bridgehead atoms. The van der Waals surface area contributed by atoms with Crippen LogP contribution < -0.4 is 0 Å². The highest BCUT2D eigenvalue weighted by Crippen LogP contribution is 2.41. The summed E-state index contributed by atoms with van der Waals surface area (Å²) >= 11 is 0. The molecule has 0 fully saturated rings. The van der Waals surface area contributed by atoms with E-state index in [0.29, 0.717) is 17.0 Å². The van der Waals surface area contributed by atoms with Crippen LogP contribution in [0.1, 0.15) is 39.2 Å². The molecule has 1 N–H and O–H groups in total. The molecule has 0 spiro atoms. The van der Waals surface area contributed by atoms with E-state index < -0.39 is 22.8 Å². The number of nitrogens with zero attached hydrogens (tertiary/aromatic N) is 2. The van der Waals surface area contributed by atoms with Crippen LogP contribution in [0.5, 0.6) is 0 Å². The molecule has 9 heteroatoms. The van der Waals surface area contributed by atoms with Gasteiger partial charge in [0.15, 0.2) is 0 Å². The van der Waals surface area contributed by atoms with Gasteiger partial charge in [0.05, 0.1) is 34.7 Å². The lowest BCUT2D eigenvalue weighted by molar-refractivity contribution is -0.384. The number of benzene rings is 1. The lowest BCUT2D eigenvalue weighted by Gasteiger charge is -2.28. The molecule has 0 saturated heterocycles. The smallest absolute Gasteiger partial charge is 0.337 e. The van der Waals surface area contributed by atoms with Crippen LogP contribution in [0.2, 0.25) is 0 Å². The zero-order chi connectivity index (χ0) is 22.4. The summed E-state index contributed by atoms with van der Waals surface area (Å²) in [5.74, 6) is -1.89. The van der Waals surface area contributed by atoms with E-state index in [1.807, 2.05) is 0 Å². The van der Waals surface area contributed by atoms with Crippen molar-refractivity contribution in [1.29, 1.82) is 0 Å². The lowest BCUT2D eigenvalue weighted by atomic mass is 9.80. The molecule has 30 heavy (non-hydrogen) atoms. The van der Waals surface area contributed by atoms with E-state index >= 15 is 0 Å². The maximum atomic E-state index is 12.9. The Balaban J connectivity index is 2.68. The predicted octanol–water partition coefficient (Wildman–Crippen LogP) is 3.81. The fraction of sp³-hybridized carbons (Fsp3) is 0.429. The van der Waals surface area contributed by atoms with Crippen molar-refractivity contribution in [3.8, 4) is 0 Å². The quantitative estimate of drug-likeness (QED) is 0.224. The summed E-state index contributed by atoms with van der Waals surface area (Å²) in [6.45, 7) is 7.08. The molecule has 0 amide bonds. The van der Waals surface area contributed by atoms with Crippen molar-refractivity contribution < 1.29 is 29.0 Å². The number of esters is 1. The maximum Gasteiger partial charge on any atom is 0.337 e. The number of nitro groups is 1. The number of aliphatic imine (C=N–C) groups is 1. The fourth-order valence-corrected chi connectivity index (χ4v) is 3.21. The van der Waals surface area contributed by atoms with Crippen molar-refractivity contribution in [2.45, 2.75) is 39.7 Å². The van der Waals surface area contributed by atoms with E-state index in [2.05, 4.69) is 4.99 Å². The van der Waals surface area contributed by atoms with Crippen LogP contribution in [0.3, 0.4) is 0 Å². The molecule has 1 aliphatic heterocycles. The molecule has 1 atom stereocenters. The van der Waals surface area contributed by atoms with E-state index in [9.17, 15) is 20.0 Å². The van der Waals surface area contributed by atoms with Crippen LogP contribution in [0.25, 0.3) is 0 Å². The highest BCUT2D eigenvalue weighted by Gasteiger charge is 2.37. The maximum absolute atomic E-state index is 12.9. The minimum atomic E-state index is -0.851. The minimum absolute atomic E-state index is 0.0786. The van der Waals surface area contributed by atoms with Crippen molar-refractivity contribution in [3.63, 3.8) is 0 Å². The van der Waals surface area contributed by atoms with Crippen molar-refractivity contribution >= 4 is 17.4 Å². The van der Waals surface area contributed by atoms with Gasteiger partial charge in [-0.05, 0) is 33.3 Å². The van der Waals surface area contributed by atoms with Crippen molar-refractivity contribution in [2.75, 3.05) is 20.3 Å². The number of aliphatic hydroxyl groups is 1. The number of methoxy groups -OCH3 is 1. The lowest BCUT2D eigenvalue weighted by Crippen LogP contribution is -2.27. The van der Waals surface area contributed by atoms with Crippen LogP contribution in [0, 0.1) is 10.1 Å². The summed E-state index contributed by atoms with van der Waals surface area (Å²) < 4.78 is 15.7. The first kappa shape index (κ1) is 23.1. The molecule has 0 saturated carbocycles. The van der Waals surface area contributed by atoms with E-state index in [-0.39, 0.29) is 36.2 Å². The van der Waals surface area contributed by atoms with Gasteiger partial charge < -0.3 is 19.3 Å². The Morgan fingerprint density at radius 1 is 1.30 bits per heavy atom. The van der Waals surface area contributed by atoms with Gasteiger partial charge in [0.2, 0.25) is 0 Å². The normalized spacial score (nSPS) is 18.2. The topological polar surface area (TPSA) is 120 Å². The first-order valence-electron chi connectivity index (χ1n) is 9.44. The van der Waals surface area contributed by atoms with Crippen LogP contribution >= 0.6 is 0 Å². The molecule has 0 aliphatic carbocycles. The number of ether oxygens (including phenoxy) is 3. The van der Waals surface area contributed by atoms with E-state index in [0.717, 1.165) is 0 Å². The second kappa shape index (κ2) is 10.0. The van der Waals surface area contributed by atoms with Crippen molar-refractivity contribution in [3.05, 3.63) is 62.7 Å². The largest absolute Gasteiger partial charge is 0.481 e. The number of carbonyl (C=O) groups excluding carboxylic acids is 1. The third-order valence-corrected chi connectivity index (χ3v) is 4.43. The molecule has 1 unspecified atom stereocenters. The Labute approximate surface area is 174 Å². The van der Waals surface area contributed by atoms with Gasteiger partial charge in [-0.2, -0.15) is 0 Å². The van der Waals surface area contributed by atoms with Crippen LogP contribution in [-0.2, 0) is 19.0 Å². The summed E-state index contributed by atoms with van der Waals surface area (Å²) in [7, 11) is 1.50. The van der Waals surface area contributed by atoms with Crippen LogP contribution in [0.4, 0.5) is 5.69 Å². The summed E-state index contributed by atoms with van der Waals surface area (Å²) in [4.78, 5) is 28.1. The predicted molar refractivity (Wildman–Crippen MR) is 110 cm³/mol. The third kappa shape index (κ3) is 5.24. The second-order valence-corrected chi connectivity index (χ2v) is 7.00. The summed E-state index contributed by atoms with van der Waals surface area (Å²) in [6, 6.07) is 5.89. The Bertz CT molecular complexity index is 916. The molecule has 1 heterocycles. The number of rotatable bonds is 8. The number of hydrogen-bond acceptors (Lipinski definition) is 8. The monoisotopic (exact) mass is 418 g/mol. The summed E-state index contributed by atoms with van der Waals surface area (Å²) in [5.41, 5.74) is 1.56. The molecule has 1 aromatic rings. The first-order valence-corrected chi connectivity index (χ1v) is 9.44. The molecule has 9 nitrogen and oxygen atoms in total. The summed E-state index contributed by atoms with van der Waals surface area (Å²) in [6.07, 6.45) is -0.380. The average Bonchev–Trinajstić information content (AvgIpc) is 2.66. The zero-order valence-corrected chi connectivity index (χ0v) is 17.7. The van der Waals surface area contributed by atoms with Crippen molar-refractivity contribution in [2.24, 2.45) is 4.99 Å². The number of carbonyl (C=O) groups is 1. The molecular formula is C21H26N2O7. The third-order valence-electron chi connectivity index (χ3n) is 4.43. The standard InChI is InChI=1S/C21H26N2O7/c1-12(2)30-21(25)18-14(4)22-13(3)17(20(24)29-10-9-28-5)19(18)15-7-6-8-16(11-15)23(26)27/h6-8,11-12,19,24H,9-10H2,1-5H3/b20-17+. The highest BCUT2D eigenvalue weighted by molar-refractivity contribution is 6.06. The minimum Gasteiger partial charge on any atom is -0.481 e. The van der Waals surface area contributed by atoms with E-state index in [4.69, 9.17) is 14.2 Å². The molecular weight excluding hydrogens is 392 g/mol. The number of non-ortho nitro benzene ring substituents is 1. The molecule has 0 aromatic heterocycles. The molecule has 0 radical (unpaired) electrons. The van der Waals surface area contributed by atoms with E-state index in [1.165, 1.54) is 25.3 Å². The number of aliphatic hydroxyl groups excluding tert-OH is 1. The Hall–Kier alpha value is -3.20. The average molecular weight is 418 g/mol. The SMILES string of the molecule is COCCO/C(O)=C1\C(C)=NC(C)=C(C(=O)OC(C)C)C1c1cccc([N+](=O)[O-])c1. The van der Waals surface area contributed by atoms with Crippen LogP contribution in [0.15, 0.2) is 52.0 Å². The number of nitro benzene ring substituents is 1. The highest BCUT2D eigenvalue weighted by atomic mass is 16.6. The van der Waals surface area contributed by atoms with Crippen molar-refractivity contribution in [1.82, 2.24) is 0 Å². The second-order valence-electron chi connectivity index (χ2n) is 7.00.